The predicted molar refractivity (Wildman–Crippen MR) is 109 cm³/mol. The zero-order chi connectivity index (χ0) is 21.5. The monoisotopic (exact) mass is 434 g/mol. The summed E-state index contributed by atoms with van der Waals surface area (Å²) in [7, 11) is 0. The van der Waals surface area contributed by atoms with E-state index in [0.29, 0.717) is 16.3 Å². The van der Waals surface area contributed by atoms with Crippen molar-refractivity contribution < 1.29 is 18.0 Å². The fourth-order valence-electron chi connectivity index (χ4n) is 3.52. The van der Waals surface area contributed by atoms with Gasteiger partial charge in [-0.3, -0.25) is 4.79 Å². The smallest absolute Gasteiger partial charge is 0.363 e. The van der Waals surface area contributed by atoms with E-state index >= 15 is 0 Å². The van der Waals surface area contributed by atoms with Crippen molar-refractivity contribution in [2.45, 2.75) is 31.6 Å². The van der Waals surface area contributed by atoms with Crippen molar-refractivity contribution in [1.82, 2.24) is 9.78 Å². The minimum absolute atomic E-state index is 0.111. The van der Waals surface area contributed by atoms with Crippen LogP contribution in [0.1, 0.15) is 40.1 Å². The molecule has 2 heterocycles. The molecule has 0 unspecified atom stereocenters. The molecule has 30 heavy (non-hydrogen) atoms. The molecule has 9 heteroatoms. The minimum atomic E-state index is -4.51. The number of aromatic nitrogens is 2. The van der Waals surface area contributed by atoms with E-state index in [2.05, 4.69) is 15.7 Å². The molecule has 3 aromatic rings. The summed E-state index contributed by atoms with van der Waals surface area (Å²) in [6, 6.07) is 12.9. The van der Waals surface area contributed by atoms with Gasteiger partial charge in [0, 0.05) is 23.2 Å². The molecular formula is C21H18ClF3N4O. The van der Waals surface area contributed by atoms with Gasteiger partial charge in [-0.25, -0.2) is 4.68 Å². The first kappa shape index (κ1) is 20.3. The average molecular weight is 435 g/mol. The van der Waals surface area contributed by atoms with Crippen LogP contribution >= 0.6 is 11.6 Å². The quantitative estimate of drug-likeness (QED) is 0.551. The number of anilines is 2. The lowest BCUT2D eigenvalue weighted by Gasteiger charge is -2.33. The van der Waals surface area contributed by atoms with Crippen molar-refractivity contribution in [1.29, 1.82) is 0 Å². The highest BCUT2D eigenvalue weighted by Gasteiger charge is 2.46. The number of amides is 1. The molecule has 5 nitrogen and oxygen atoms in total. The summed E-state index contributed by atoms with van der Waals surface area (Å²) in [6.07, 6.45) is -4.73. The highest BCUT2D eigenvalue weighted by molar-refractivity contribution is 6.31. The molecule has 1 amide bonds. The number of halogens is 4. The van der Waals surface area contributed by atoms with E-state index in [1.807, 2.05) is 0 Å². The summed E-state index contributed by atoms with van der Waals surface area (Å²) in [5.74, 6) is -0.466. The van der Waals surface area contributed by atoms with Gasteiger partial charge >= 0.3 is 6.18 Å². The van der Waals surface area contributed by atoms with Crippen LogP contribution in [-0.4, -0.2) is 21.9 Å². The summed E-state index contributed by atoms with van der Waals surface area (Å²) in [5, 5.41) is 10.2. The van der Waals surface area contributed by atoms with E-state index < -0.39 is 24.2 Å². The Balaban J connectivity index is 1.65. The Labute approximate surface area is 175 Å². The third-order valence-electron chi connectivity index (χ3n) is 5.14. The van der Waals surface area contributed by atoms with Gasteiger partial charge in [0.25, 0.3) is 5.91 Å². The Morgan fingerprint density at radius 1 is 1.20 bits per heavy atom. The molecule has 0 aliphatic carbocycles. The second-order valence-electron chi connectivity index (χ2n) is 7.13. The van der Waals surface area contributed by atoms with E-state index in [0.717, 1.165) is 10.2 Å². The van der Waals surface area contributed by atoms with Gasteiger partial charge in [0.05, 0.1) is 6.04 Å². The largest absolute Gasteiger partial charge is 0.410 e. The van der Waals surface area contributed by atoms with E-state index in [-0.39, 0.29) is 17.9 Å². The first-order chi connectivity index (χ1) is 14.2. The van der Waals surface area contributed by atoms with Gasteiger partial charge in [-0.1, -0.05) is 48.0 Å². The highest BCUT2D eigenvalue weighted by atomic mass is 35.5. The van der Waals surface area contributed by atoms with Crippen molar-refractivity contribution in [2.24, 2.45) is 0 Å². The molecule has 0 saturated heterocycles. The second-order valence-corrected chi connectivity index (χ2v) is 7.53. The van der Waals surface area contributed by atoms with Crippen LogP contribution in [0.5, 0.6) is 0 Å². The summed E-state index contributed by atoms with van der Waals surface area (Å²) in [5.41, 5.74) is 1.76. The molecule has 0 bridgehead atoms. The Morgan fingerprint density at radius 2 is 1.93 bits per heavy atom. The van der Waals surface area contributed by atoms with Crippen LogP contribution in [0.25, 0.3) is 0 Å². The maximum atomic E-state index is 13.8. The number of nitrogens with zero attached hydrogens (tertiary/aromatic N) is 2. The van der Waals surface area contributed by atoms with Gasteiger partial charge in [-0.15, -0.1) is 0 Å². The molecular weight excluding hydrogens is 417 g/mol. The highest BCUT2D eigenvalue weighted by Crippen LogP contribution is 2.43. The maximum absolute atomic E-state index is 13.8. The number of alkyl halides is 3. The normalized spacial score (nSPS) is 18.4. The number of hydrogen-bond donors (Lipinski definition) is 2. The average Bonchev–Trinajstić information content (AvgIpc) is 3.15. The number of carbonyl (C=O) groups is 1. The Bertz CT molecular complexity index is 1080. The molecule has 156 valence electrons. The molecule has 1 aliphatic heterocycles. The summed E-state index contributed by atoms with van der Waals surface area (Å²) < 4.78 is 42.1. The molecule has 0 saturated carbocycles. The topological polar surface area (TPSA) is 59.0 Å². The number of carbonyl (C=O) groups excluding carboxylic acids is 1. The third-order valence-corrected chi connectivity index (χ3v) is 5.55. The van der Waals surface area contributed by atoms with Crippen molar-refractivity contribution in [3.8, 4) is 0 Å². The zero-order valence-electron chi connectivity index (χ0n) is 15.9. The van der Waals surface area contributed by atoms with Crippen molar-refractivity contribution in [3.05, 3.63) is 76.4 Å². The molecule has 0 spiro atoms. The SMILES string of the molecule is Cc1c(Cl)cccc1NC(=O)c1cc2n(n1)[C@H](C(F)(F)F)C[C@@H](c1ccccc1)N2. The number of benzene rings is 2. The van der Waals surface area contributed by atoms with Crippen LogP contribution in [0.2, 0.25) is 5.02 Å². The van der Waals surface area contributed by atoms with Gasteiger partial charge in [-0.2, -0.15) is 18.3 Å². The van der Waals surface area contributed by atoms with E-state index in [4.69, 9.17) is 11.6 Å². The maximum Gasteiger partial charge on any atom is 0.410 e. The number of rotatable bonds is 3. The van der Waals surface area contributed by atoms with Gasteiger partial charge in [0.2, 0.25) is 0 Å². The summed E-state index contributed by atoms with van der Waals surface area (Å²) in [6.45, 7) is 1.74. The zero-order valence-corrected chi connectivity index (χ0v) is 16.6. The lowest BCUT2D eigenvalue weighted by atomic mass is 9.97. The number of fused-ring (bicyclic) bond motifs is 1. The summed E-state index contributed by atoms with van der Waals surface area (Å²) in [4.78, 5) is 12.7. The van der Waals surface area contributed by atoms with Crippen LogP contribution in [0.4, 0.5) is 24.7 Å². The van der Waals surface area contributed by atoms with Crippen LogP contribution in [-0.2, 0) is 0 Å². The van der Waals surface area contributed by atoms with Crippen LogP contribution < -0.4 is 10.6 Å². The van der Waals surface area contributed by atoms with Gasteiger partial charge in [-0.05, 0) is 30.2 Å². The number of nitrogens with one attached hydrogen (secondary N) is 2. The van der Waals surface area contributed by atoms with Crippen molar-refractivity contribution >= 4 is 29.0 Å². The standard InChI is InChI=1S/C21H18ClF3N4O/c1-12-14(22)8-5-9-15(12)27-20(30)17-11-19-26-16(13-6-3-2-4-7-13)10-18(21(23,24)25)29(19)28-17/h2-9,11,16,18,26H,10H2,1H3,(H,27,30)/t16-,18-/m0/s1. The third kappa shape index (κ3) is 3.87. The van der Waals surface area contributed by atoms with E-state index in [1.54, 1.807) is 55.5 Å². The van der Waals surface area contributed by atoms with Gasteiger partial charge in [0.15, 0.2) is 11.7 Å². The molecule has 1 aromatic heterocycles. The van der Waals surface area contributed by atoms with Crippen LogP contribution in [0, 0.1) is 6.92 Å². The van der Waals surface area contributed by atoms with Crippen LogP contribution in [0.3, 0.4) is 0 Å². The first-order valence-electron chi connectivity index (χ1n) is 9.28. The minimum Gasteiger partial charge on any atom is -0.363 e. The molecule has 4 rings (SSSR count). The Hall–Kier alpha value is -3.00. The molecule has 1 aliphatic rings. The van der Waals surface area contributed by atoms with E-state index in [9.17, 15) is 18.0 Å². The fraction of sp³-hybridized carbons (Fsp3) is 0.238. The predicted octanol–water partition coefficient (Wildman–Crippen LogP) is 5.76. The fourth-order valence-corrected chi connectivity index (χ4v) is 3.69. The van der Waals surface area contributed by atoms with Gasteiger partial charge < -0.3 is 10.6 Å². The van der Waals surface area contributed by atoms with E-state index in [1.165, 1.54) is 6.07 Å². The molecule has 2 aromatic carbocycles. The van der Waals surface area contributed by atoms with Crippen molar-refractivity contribution in [3.63, 3.8) is 0 Å². The first-order valence-corrected chi connectivity index (χ1v) is 9.66. The Morgan fingerprint density at radius 3 is 2.63 bits per heavy atom. The lowest BCUT2D eigenvalue weighted by molar-refractivity contribution is -0.173. The molecule has 0 radical (unpaired) electrons. The molecule has 2 atom stereocenters. The second kappa shape index (κ2) is 7.68. The number of hydrogen-bond acceptors (Lipinski definition) is 3. The lowest BCUT2D eigenvalue weighted by Crippen LogP contribution is -2.35. The summed E-state index contributed by atoms with van der Waals surface area (Å²) >= 11 is 6.06. The van der Waals surface area contributed by atoms with Crippen LogP contribution in [0.15, 0.2) is 54.6 Å². The molecule has 0 fully saturated rings. The van der Waals surface area contributed by atoms with Crippen molar-refractivity contribution in [2.75, 3.05) is 10.6 Å². The Kier molecular flexibility index (Phi) is 5.19. The molecule has 2 N–H and O–H groups in total. The van der Waals surface area contributed by atoms with Gasteiger partial charge in [0.1, 0.15) is 5.82 Å².